The van der Waals surface area contributed by atoms with Gasteiger partial charge in [0.1, 0.15) is 0 Å². The van der Waals surface area contributed by atoms with Crippen molar-refractivity contribution >= 4 is 87.5 Å². The second kappa shape index (κ2) is 9.09. The highest BCUT2D eigenvalue weighted by Crippen LogP contribution is 2.38. The van der Waals surface area contributed by atoms with E-state index in [9.17, 15) is 0 Å². The fraction of sp³-hybridized carbons (Fsp3) is 0. The molecule has 47 heavy (non-hydrogen) atoms. The summed E-state index contributed by atoms with van der Waals surface area (Å²) in [4.78, 5) is 5.38. The van der Waals surface area contributed by atoms with E-state index in [1.807, 2.05) is 0 Å². The van der Waals surface area contributed by atoms with E-state index in [4.69, 9.17) is 4.98 Å². The van der Waals surface area contributed by atoms with E-state index in [0.29, 0.717) is 0 Å². The Morgan fingerprint density at radius 2 is 0.809 bits per heavy atom. The van der Waals surface area contributed by atoms with Crippen LogP contribution in [-0.4, -0.2) is 18.4 Å². The Morgan fingerprint density at radius 3 is 1.45 bits per heavy atom. The van der Waals surface area contributed by atoms with Crippen molar-refractivity contribution in [3.63, 3.8) is 0 Å². The predicted octanol–water partition coefficient (Wildman–Crippen LogP) is 11.0. The molecule has 0 aliphatic rings. The molecule has 11 aromatic rings. The zero-order chi connectivity index (χ0) is 30.6. The average Bonchev–Trinajstić information content (AvgIpc) is 3.78. The van der Waals surface area contributed by atoms with Crippen LogP contribution in [0.15, 0.2) is 158 Å². The van der Waals surface area contributed by atoms with Crippen LogP contribution in [0.5, 0.6) is 0 Å². The van der Waals surface area contributed by atoms with Crippen LogP contribution in [0.1, 0.15) is 0 Å². The fourth-order valence-corrected chi connectivity index (χ4v) is 8.07. The molecule has 0 bridgehead atoms. The van der Waals surface area contributed by atoms with Gasteiger partial charge in [-0.2, -0.15) is 0 Å². The molecule has 7 aromatic carbocycles. The van der Waals surface area contributed by atoms with Crippen LogP contribution in [-0.2, 0) is 0 Å². The van der Waals surface area contributed by atoms with Crippen molar-refractivity contribution in [3.05, 3.63) is 158 Å². The van der Waals surface area contributed by atoms with Gasteiger partial charge >= 0.3 is 0 Å². The van der Waals surface area contributed by atoms with Gasteiger partial charge in [0.2, 0.25) is 5.78 Å². The van der Waals surface area contributed by atoms with Crippen molar-refractivity contribution in [2.45, 2.75) is 0 Å². The zero-order valence-electron chi connectivity index (χ0n) is 25.3. The summed E-state index contributed by atoms with van der Waals surface area (Å²) in [6.45, 7) is 0. The maximum atomic E-state index is 5.38. The molecule has 0 N–H and O–H groups in total. The Hall–Kier alpha value is -6.39. The van der Waals surface area contributed by atoms with E-state index in [1.54, 1.807) is 0 Å². The van der Waals surface area contributed by atoms with Crippen molar-refractivity contribution in [3.8, 4) is 5.69 Å². The molecule has 0 aliphatic carbocycles. The minimum absolute atomic E-state index is 0.908. The molecule has 4 heterocycles. The Morgan fingerprint density at radius 1 is 0.340 bits per heavy atom. The zero-order valence-corrected chi connectivity index (χ0v) is 25.3. The van der Waals surface area contributed by atoms with Crippen molar-refractivity contribution in [2.24, 2.45) is 0 Å². The molecule has 0 atom stereocenters. The van der Waals surface area contributed by atoms with Gasteiger partial charge in [-0.1, -0.05) is 115 Å². The molecule has 0 spiro atoms. The number of benzene rings is 7. The minimum atomic E-state index is 0.908. The van der Waals surface area contributed by atoms with E-state index in [2.05, 4.69) is 171 Å². The molecule has 0 fully saturated rings. The van der Waals surface area contributed by atoms with Gasteiger partial charge in [0.15, 0.2) is 0 Å². The van der Waals surface area contributed by atoms with Crippen LogP contribution < -0.4 is 0 Å². The van der Waals surface area contributed by atoms with Gasteiger partial charge in [0.25, 0.3) is 0 Å². The van der Waals surface area contributed by atoms with Crippen molar-refractivity contribution in [1.82, 2.24) is 18.4 Å². The van der Waals surface area contributed by atoms with Gasteiger partial charge in [-0.15, -0.1) is 0 Å². The van der Waals surface area contributed by atoms with Crippen LogP contribution in [0.25, 0.3) is 93.2 Å². The largest absolute Gasteiger partial charge is 0.309 e. The van der Waals surface area contributed by atoms with Crippen LogP contribution in [0.2, 0.25) is 0 Å². The summed E-state index contributed by atoms with van der Waals surface area (Å²) < 4.78 is 7.13. The molecule has 11 rings (SSSR count). The third-order valence-electron chi connectivity index (χ3n) is 10.0. The minimum Gasteiger partial charge on any atom is -0.309 e. The lowest BCUT2D eigenvalue weighted by Gasteiger charge is -2.08. The second-order valence-corrected chi connectivity index (χ2v) is 12.4. The lowest BCUT2D eigenvalue weighted by atomic mass is 10.0. The number of aromatic nitrogens is 4. The predicted molar refractivity (Wildman–Crippen MR) is 197 cm³/mol. The van der Waals surface area contributed by atoms with Crippen LogP contribution in [0.4, 0.5) is 0 Å². The summed E-state index contributed by atoms with van der Waals surface area (Å²) in [7, 11) is 0. The summed E-state index contributed by atoms with van der Waals surface area (Å²) in [6, 6.07) is 57.1. The van der Waals surface area contributed by atoms with Crippen molar-refractivity contribution in [1.29, 1.82) is 0 Å². The molecular formula is C43H26N4. The Bertz CT molecular complexity index is 3080. The van der Waals surface area contributed by atoms with Gasteiger partial charge in [0, 0.05) is 27.2 Å². The van der Waals surface area contributed by atoms with Gasteiger partial charge in [-0.3, -0.25) is 8.80 Å². The number of hydrogen-bond donors (Lipinski definition) is 0. The van der Waals surface area contributed by atoms with Crippen LogP contribution in [0.3, 0.4) is 0 Å². The van der Waals surface area contributed by atoms with E-state index in [1.165, 1.54) is 54.1 Å². The lowest BCUT2D eigenvalue weighted by Crippen LogP contribution is -1.94. The quantitative estimate of drug-likeness (QED) is 0.185. The number of nitrogens with zero attached hydrogens (tertiary/aromatic N) is 4. The standard InChI is InChI=1S/C43H26N4/c1-3-14-30-28(12-1)29-13-2-4-15-31(29)35-19-11-23-40-42(35)47(39-22-10-5-16-32(30)39)43-44-36-25-24-27(26-41(36)46(40)43)45-37-20-8-6-17-33(37)34-18-7-9-21-38(34)45/h1-26H. The molecule has 218 valence electrons. The second-order valence-electron chi connectivity index (χ2n) is 12.4. The van der Waals surface area contributed by atoms with Gasteiger partial charge in [-0.05, 0) is 64.0 Å². The highest BCUT2D eigenvalue weighted by atomic mass is 15.2. The lowest BCUT2D eigenvalue weighted by molar-refractivity contribution is 1.18. The monoisotopic (exact) mass is 598 g/mol. The molecule has 0 saturated carbocycles. The van der Waals surface area contributed by atoms with Crippen LogP contribution in [0, 0.1) is 0 Å². The molecule has 4 aromatic heterocycles. The number of hydrogen-bond acceptors (Lipinski definition) is 1. The first-order chi connectivity index (χ1) is 23.3. The van der Waals surface area contributed by atoms with E-state index in [0.717, 1.165) is 39.0 Å². The topological polar surface area (TPSA) is 26.6 Å². The van der Waals surface area contributed by atoms with Crippen LogP contribution >= 0.6 is 0 Å². The fourth-order valence-electron chi connectivity index (χ4n) is 8.07. The number of fused-ring (bicyclic) bond motifs is 15. The van der Waals surface area contributed by atoms with E-state index < -0.39 is 0 Å². The Kier molecular flexibility index (Phi) is 4.81. The summed E-state index contributed by atoms with van der Waals surface area (Å²) in [5.41, 5.74) is 8.99. The normalized spacial score (nSPS) is 12.3. The Balaban J connectivity index is 1.38. The summed E-state index contributed by atoms with van der Waals surface area (Å²) in [5.74, 6) is 0.908. The smallest absolute Gasteiger partial charge is 0.220 e. The first kappa shape index (κ1) is 24.9. The number of para-hydroxylation sites is 4. The summed E-state index contributed by atoms with van der Waals surface area (Å²) in [5, 5.41) is 9.80. The average molecular weight is 599 g/mol. The highest BCUT2D eigenvalue weighted by molar-refractivity contribution is 6.21. The summed E-state index contributed by atoms with van der Waals surface area (Å²) >= 11 is 0. The molecule has 0 radical (unpaired) electrons. The maximum Gasteiger partial charge on any atom is 0.220 e. The first-order valence-electron chi connectivity index (χ1n) is 16.1. The van der Waals surface area contributed by atoms with E-state index in [-0.39, 0.29) is 0 Å². The van der Waals surface area contributed by atoms with E-state index >= 15 is 0 Å². The molecule has 4 nitrogen and oxygen atoms in total. The van der Waals surface area contributed by atoms with Gasteiger partial charge in [0.05, 0.1) is 38.6 Å². The van der Waals surface area contributed by atoms with Gasteiger partial charge < -0.3 is 4.57 Å². The third kappa shape index (κ3) is 3.23. The number of rotatable bonds is 1. The molecule has 0 aliphatic heterocycles. The molecular weight excluding hydrogens is 573 g/mol. The third-order valence-corrected chi connectivity index (χ3v) is 10.0. The maximum absolute atomic E-state index is 5.38. The molecule has 0 saturated heterocycles. The van der Waals surface area contributed by atoms with Crippen molar-refractivity contribution < 1.29 is 0 Å². The van der Waals surface area contributed by atoms with Crippen molar-refractivity contribution in [2.75, 3.05) is 0 Å². The van der Waals surface area contributed by atoms with Gasteiger partial charge in [-0.25, -0.2) is 4.98 Å². The Labute approximate surface area is 268 Å². The number of imidazole rings is 2. The molecule has 0 amide bonds. The first-order valence-corrected chi connectivity index (χ1v) is 16.1. The highest BCUT2D eigenvalue weighted by Gasteiger charge is 2.20. The molecule has 4 heteroatoms. The molecule has 0 unspecified atom stereocenters. The SMILES string of the molecule is c1ccc2c(c1)c1ccccc1c1cccc3c1n(c1ccccc21)c1nc2ccc(-n4c5ccccc5c5ccccc54)cc2n31. The summed E-state index contributed by atoms with van der Waals surface area (Å²) in [6.07, 6.45) is 0.